The van der Waals surface area contributed by atoms with E-state index in [0.29, 0.717) is 22.7 Å². The van der Waals surface area contributed by atoms with Gasteiger partial charge < -0.3 is 0 Å². The zero-order chi connectivity index (χ0) is 15.0. The van der Waals surface area contributed by atoms with Crippen molar-refractivity contribution in [3.63, 3.8) is 0 Å². The maximum Gasteiger partial charge on any atom is 0.0448 e. The van der Waals surface area contributed by atoms with Crippen molar-refractivity contribution in [2.75, 3.05) is 0 Å². The van der Waals surface area contributed by atoms with Gasteiger partial charge in [0.15, 0.2) is 0 Å². The van der Waals surface area contributed by atoms with E-state index in [-0.39, 0.29) is 0 Å². The molecular weight excluding hydrogens is 240 g/mol. The molecule has 2 aliphatic rings. The van der Waals surface area contributed by atoms with Crippen LogP contribution in [0.4, 0.5) is 0 Å². The lowest BCUT2D eigenvalue weighted by Crippen LogP contribution is -2.30. The van der Waals surface area contributed by atoms with Crippen LogP contribution in [0.1, 0.15) is 79.6 Å². The molecule has 2 aliphatic carbocycles. The number of allylic oxidation sites excluding steroid dienone is 2. The summed E-state index contributed by atoms with van der Waals surface area (Å²) < 4.78 is 0. The number of hydrogen-bond acceptors (Lipinski definition) is 0. The maximum atomic E-state index is 5.96. The van der Waals surface area contributed by atoms with E-state index in [0.717, 1.165) is 0 Å². The summed E-state index contributed by atoms with van der Waals surface area (Å²) in [6.07, 6.45) is 15.2. The van der Waals surface area contributed by atoms with Crippen LogP contribution in [-0.4, -0.2) is 0 Å². The average Bonchev–Trinajstić information content (AvgIpc) is 2.76. The molecular formula is C20H32. The Morgan fingerprint density at radius 2 is 1.75 bits per heavy atom. The van der Waals surface area contributed by atoms with E-state index < -0.39 is 0 Å². The van der Waals surface area contributed by atoms with Gasteiger partial charge in [-0.25, -0.2) is 0 Å². The summed E-state index contributed by atoms with van der Waals surface area (Å²) in [6, 6.07) is 0. The molecule has 112 valence electrons. The summed E-state index contributed by atoms with van der Waals surface area (Å²) in [5, 5.41) is 0. The molecule has 0 bridgehead atoms. The van der Waals surface area contributed by atoms with Crippen molar-refractivity contribution in [3.8, 4) is 12.3 Å². The Hall–Kier alpha value is -0.700. The summed E-state index contributed by atoms with van der Waals surface area (Å²) in [7, 11) is 0. The quantitative estimate of drug-likeness (QED) is 0.335. The molecule has 2 atom stereocenters. The first kappa shape index (κ1) is 15.7. The fourth-order valence-electron chi connectivity index (χ4n) is 4.44. The van der Waals surface area contributed by atoms with E-state index in [1.54, 1.807) is 11.1 Å². The molecule has 0 aromatic carbocycles. The van der Waals surface area contributed by atoms with E-state index >= 15 is 0 Å². The smallest absolute Gasteiger partial charge is 0.0448 e. The monoisotopic (exact) mass is 272 g/mol. The van der Waals surface area contributed by atoms with Gasteiger partial charge in [-0.15, -0.1) is 6.42 Å². The highest BCUT2D eigenvalue weighted by Gasteiger charge is 2.47. The van der Waals surface area contributed by atoms with Crippen LogP contribution in [0, 0.1) is 35.0 Å². The van der Waals surface area contributed by atoms with Gasteiger partial charge in [0.2, 0.25) is 0 Å². The SMILES string of the molecule is C#CC1C2=C(CC1CCCCC)C(C)(C)CCC2(C)C. The molecule has 0 heterocycles. The van der Waals surface area contributed by atoms with E-state index in [4.69, 9.17) is 6.42 Å². The Bertz CT molecular complexity index is 427. The molecule has 0 spiro atoms. The maximum absolute atomic E-state index is 5.96. The summed E-state index contributed by atoms with van der Waals surface area (Å²) >= 11 is 0. The molecule has 0 heteroatoms. The third-order valence-electron chi connectivity index (χ3n) is 5.85. The molecule has 2 rings (SSSR count). The van der Waals surface area contributed by atoms with E-state index in [2.05, 4.69) is 40.5 Å². The lowest BCUT2D eigenvalue weighted by Gasteiger charge is -2.42. The van der Waals surface area contributed by atoms with Crippen LogP contribution in [0.3, 0.4) is 0 Å². The summed E-state index contributed by atoms with van der Waals surface area (Å²) in [5.74, 6) is 4.30. The van der Waals surface area contributed by atoms with Gasteiger partial charge in [-0.3, -0.25) is 0 Å². The molecule has 0 aromatic heterocycles. The van der Waals surface area contributed by atoms with Crippen LogP contribution < -0.4 is 0 Å². The second-order valence-electron chi connectivity index (χ2n) is 8.26. The standard InChI is InChI=1S/C20H32/c1-7-9-10-11-15-14-17-18(16(15)8-2)20(5,6)13-12-19(17,3)4/h2,15-16H,7,9-14H2,1,3-6H3. The first-order valence-electron chi connectivity index (χ1n) is 8.53. The van der Waals surface area contributed by atoms with Gasteiger partial charge in [0.25, 0.3) is 0 Å². The fourth-order valence-corrected chi connectivity index (χ4v) is 4.44. The Labute approximate surface area is 126 Å². The lowest BCUT2D eigenvalue weighted by atomic mass is 9.62. The molecule has 0 saturated heterocycles. The molecule has 20 heavy (non-hydrogen) atoms. The summed E-state index contributed by atoms with van der Waals surface area (Å²) in [6.45, 7) is 12.0. The van der Waals surface area contributed by atoms with Gasteiger partial charge in [-0.2, -0.15) is 0 Å². The van der Waals surface area contributed by atoms with Crippen molar-refractivity contribution >= 4 is 0 Å². The van der Waals surface area contributed by atoms with Crippen LogP contribution in [0.15, 0.2) is 11.1 Å². The minimum Gasteiger partial charge on any atom is -0.119 e. The zero-order valence-corrected chi connectivity index (χ0v) is 14.2. The number of unbranched alkanes of at least 4 members (excludes halogenated alkanes) is 2. The zero-order valence-electron chi connectivity index (χ0n) is 14.2. The van der Waals surface area contributed by atoms with Crippen LogP contribution in [0.5, 0.6) is 0 Å². The highest BCUT2D eigenvalue weighted by atomic mass is 14.5. The molecule has 0 saturated carbocycles. The molecule has 0 radical (unpaired) electrons. The number of terminal acetylenes is 1. The van der Waals surface area contributed by atoms with Crippen molar-refractivity contribution in [2.24, 2.45) is 22.7 Å². The number of rotatable bonds is 4. The number of hydrogen-bond donors (Lipinski definition) is 0. The van der Waals surface area contributed by atoms with Gasteiger partial charge in [0, 0.05) is 5.92 Å². The average molecular weight is 272 g/mol. The van der Waals surface area contributed by atoms with E-state index in [1.165, 1.54) is 44.9 Å². The summed E-state index contributed by atoms with van der Waals surface area (Å²) in [4.78, 5) is 0. The van der Waals surface area contributed by atoms with Gasteiger partial charge in [0.1, 0.15) is 0 Å². The highest BCUT2D eigenvalue weighted by molar-refractivity contribution is 5.40. The predicted molar refractivity (Wildman–Crippen MR) is 88.4 cm³/mol. The van der Waals surface area contributed by atoms with Crippen LogP contribution >= 0.6 is 0 Å². The minimum absolute atomic E-state index is 0.321. The van der Waals surface area contributed by atoms with Crippen molar-refractivity contribution in [3.05, 3.63) is 11.1 Å². The largest absolute Gasteiger partial charge is 0.119 e. The Morgan fingerprint density at radius 1 is 1.10 bits per heavy atom. The first-order chi connectivity index (χ1) is 9.33. The molecule has 0 aromatic rings. The normalized spacial score (nSPS) is 31.0. The van der Waals surface area contributed by atoms with Crippen molar-refractivity contribution in [1.82, 2.24) is 0 Å². The second-order valence-corrected chi connectivity index (χ2v) is 8.26. The van der Waals surface area contributed by atoms with Crippen LogP contribution in [0.25, 0.3) is 0 Å². The Balaban J connectivity index is 2.27. The lowest BCUT2D eigenvalue weighted by molar-refractivity contribution is 0.256. The van der Waals surface area contributed by atoms with Gasteiger partial charge in [0.05, 0.1) is 0 Å². The van der Waals surface area contributed by atoms with Crippen molar-refractivity contribution < 1.29 is 0 Å². The molecule has 0 N–H and O–H groups in total. The van der Waals surface area contributed by atoms with Crippen LogP contribution in [-0.2, 0) is 0 Å². The van der Waals surface area contributed by atoms with E-state index in [1.807, 2.05) is 0 Å². The Kier molecular flexibility index (Phi) is 4.38. The summed E-state index contributed by atoms with van der Waals surface area (Å²) in [5.41, 5.74) is 4.07. The third kappa shape index (κ3) is 2.69. The third-order valence-corrected chi connectivity index (χ3v) is 5.85. The van der Waals surface area contributed by atoms with Crippen molar-refractivity contribution in [2.45, 2.75) is 79.6 Å². The van der Waals surface area contributed by atoms with E-state index in [9.17, 15) is 0 Å². The molecule has 0 nitrogen and oxygen atoms in total. The topological polar surface area (TPSA) is 0 Å². The van der Waals surface area contributed by atoms with Gasteiger partial charge >= 0.3 is 0 Å². The fraction of sp³-hybridized carbons (Fsp3) is 0.800. The molecule has 0 amide bonds. The molecule has 0 aliphatic heterocycles. The van der Waals surface area contributed by atoms with Gasteiger partial charge in [-0.1, -0.05) is 65.4 Å². The Morgan fingerprint density at radius 3 is 2.35 bits per heavy atom. The molecule has 2 unspecified atom stereocenters. The van der Waals surface area contributed by atoms with Gasteiger partial charge in [-0.05, 0) is 48.0 Å². The molecule has 0 fully saturated rings. The van der Waals surface area contributed by atoms with Crippen LogP contribution in [0.2, 0.25) is 0 Å². The van der Waals surface area contributed by atoms with Crippen molar-refractivity contribution in [1.29, 1.82) is 0 Å². The minimum atomic E-state index is 0.321. The first-order valence-corrected chi connectivity index (χ1v) is 8.53. The highest BCUT2D eigenvalue weighted by Crippen LogP contribution is 2.59. The second kappa shape index (κ2) is 5.59. The predicted octanol–water partition coefficient (Wildman–Crippen LogP) is 5.98.